The normalized spacial score (nSPS) is 12.7. The molecule has 1 heterocycles. The van der Waals surface area contributed by atoms with Crippen molar-refractivity contribution in [1.82, 2.24) is 0 Å². The molecule has 0 bridgehead atoms. The van der Waals surface area contributed by atoms with Crippen molar-refractivity contribution in [3.8, 4) is 0 Å². The molecule has 0 saturated carbocycles. The Hall–Kier alpha value is -0.640. The first-order valence-corrected chi connectivity index (χ1v) is 7.94. The van der Waals surface area contributed by atoms with E-state index < -0.39 is 0 Å². The van der Waals surface area contributed by atoms with Crippen LogP contribution in [-0.2, 0) is 12.8 Å². The fraction of sp³-hybridized carbons (Fsp3) is 0.333. The van der Waals surface area contributed by atoms with E-state index >= 15 is 0 Å². The first kappa shape index (κ1) is 13.8. The number of hydrogen-bond donors (Lipinski definition) is 1. The molecular formula is C15H18BrNS. The fourth-order valence-corrected chi connectivity index (χ4v) is 3.35. The number of benzene rings is 1. The maximum Gasteiger partial charge on any atom is 0.0701 e. The van der Waals surface area contributed by atoms with E-state index in [1.807, 2.05) is 0 Å². The molecular weight excluding hydrogens is 306 g/mol. The Bertz CT molecular complexity index is 533. The lowest BCUT2D eigenvalue weighted by molar-refractivity contribution is 0.849. The van der Waals surface area contributed by atoms with Crippen LogP contribution in [0.5, 0.6) is 0 Å². The Kier molecular flexibility index (Phi) is 4.60. The molecule has 1 unspecified atom stereocenters. The predicted molar refractivity (Wildman–Crippen MR) is 83.2 cm³/mol. The lowest BCUT2D eigenvalue weighted by Gasteiger charge is -2.16. The van der Waals surface area contributed by atoms with Crippen molar-refractivity contribution in [3.63, 3.8) is 0 Å². The second-order valence-electron chi connectivity index (χ2n) is 4.40. The Labute approximate surface area is 121 Å². The minimum atomic E-state index is -0.0194. The zero-order chi connectivity index (χ0) is 13.1. The van der Waals surface area contributed by atoms with Gasteiger partial charge in [0.05, 0.1) is 9.83 Å². The van der Waals surface area contributed by atoms with E-state index in [-0.39, 0.29) is 6.04 Å². The molecule has 0 aliphatic rings. The highest BCUT2D eigenvalue weighted by molar-refractivity contribution is 9.11. The average Bonchev–Trinajstić information content (AvgIpc) is 2.83. The van der Waals surface area contributed by atoms with Crippen molar-refractivity contribution in [2.75, 3.05) is 0 Å². The highest BCUT2D eigenvalue weighted by Gasteiger charge is 2.14. The fourth-order valence-electron chi connectivity index (χ4n) is 2.14. The number of hydrogen-bond acceptors (Lipinski definition) is 2. The number of rotatable bonds is 4. The Morgan fingerprint density at radius 3 is 2.56 bits per heavy atom. The third kappa shape index (κ3) is 2.85. The van der Waals surface area contributed by atoms with E-state index in [1.165, 1.54) is 22.3 Å². The molecule has 18 heavy (non-hydrogen) atoms. The first-order valence-electron chi connectivity index (χ1n) is 6.26. The number of thiophene rings is 1. The van der Waals surface area contributed by atoms with Gasteiger partial charge in [-0.05, 0) is 62.5 Å². The van der Waals surface area contributed by atoms with E-state index in [0.29, 0.717) is 0 Å². The van der Waals surface area contributed by atoms with Crippen LogP contribution in [0, 0.1) is 0 Å². The molecule has 0 amide bonds. The predicted octanol–water partition coefficient (Wildman–Crippen LogP) is 4.68. The molecule has 0 fully saturated rings. The van der Waals surface area contributed by atoms with Gasteiger partial charge in [-0.3, -0.25) is 0 Å². The molecule has 0 saturated heterocycles. The van der Waals surface area contributed by atoms with Crippen molar-refractivity contribution < 1.29 is 0 Å². The van der Waals surface area contributed by atoms with Gasteiger partial charge in [0.2, 0.25) is 0 Å². The van der Waals surface area contributed by atoms with Crippen molar-refractivity contribution in [1.29, 1.82) is 0 Å². The Balaban J connectivity index is 2.41. The molecule has 96 valence electrons. The molecule has 1 atom stereocenters. The van der Waals surface area contributed by atoms with Gasteiger partial charge in [0.15, 0.2) is 0 Å². The molecule has 2 N–H and O–H groups in total. The SMILES string of the molecule is CCc1ccc(CC)c(C(N)c2csc(Br)c2)c1. The van der Waals surface area contributed by atoms with Crippen LogP contribution < -0.4 is 5.73 Å². The highest BCUT2D eigenvalue weighted by Crippen LogP contribution is 2.30. The third-order valence-electron chi connectivity index (χ3n) is 3.28. The van der Waals surface area contributed by atoms with E-state index in [9.17, 15) is 0 Å². The molecule has 0 spiro atoms. The van der Waals surface area contributed by atoms with Gasteiger partial charge >= 0.3 is 0 Å². The zero-order valence-electron chi connectivity index (χ0n) is 10.7. The second-order valence-corrected chi connectivity index (χ2v) is 6.69. The van der Waals surface area contributed by atoms with Gasteiger partial charge in [-0.25, -0.2) is 0 Å². The molecule has 0 aliphatic carbocycles. The quantitative estimate of drug-likeness (QED) is 0.868. The summed E-state index contributed by atoms with van der Waals surface area (Å²) < 4.78 is 1.14. The van der Waals surface area contributed by atoms with Crippen molar-refractivity contribution >= 4 is 27.3 Å². The average molecular weight is 324 g/mol. The smallest absolute Gasteiger partial charge is 0.0701 e. The number of nitrogens with two attached hydrogens (primary N) is 1. The maximum absolute atomic E-state index is 6.42. The number of halogens is 1. The summed E-state index contributed by atoms with van der Waals surface area (Å²) in [4.78, 5) is 0. The first-order chi connectivity index (χ1) is 8.65. The van der Waals surface area contributed by atoms with Crippen LogP contribution >= 0.6 is 27.3 Å². The molecule has 2 aromatic rings. The molecule has 3 heteroatoms. The van der Waals surface area contributed by atoms with Gasteiger partial charge in [-0.2, -0.15) is 0 Å². The molecule has 0 aliphatic heterocycles. The van der Waals surface area contributed by atoms with Gasteiger partial charge < -0.3 is 5.73 Å². The van der Waals surface area contributed by atoms with Crippen LogP contribution in [0.4, 0.5) is 0 Å². The van der Waals surface area contributed by atoms with Crippen LogP contribution in [0.3, 0.4) is 0 Å². The van der Waals surface area contributed by atoms with Crippen LogP contribution in [-0.4, -0.2) is 0 Å². The molecule has 1 aromatic heterocycles. The van der Waals surface area contributed by atoms with E-state index in [2.05, 4.69) is 59.4 Å². The van der Waals surface area contributed by atoms with Crippen LogP contribution in [0.25, 0.3) is 0 Å². The van der Waals surface area contributed by atoms with Crippen molar-refractivity contribution in [2.24, 2.45) is 5.73 Å². The highest BCUT2D eigenvalue weighted by atomic mass is 79.9. The summed E-state index contributed by atoms with van der Waals surface area (Å²) in [5.41, 5.74) is 11.6. The van der Waals surface area contributed by atoms with Crippen LogP contribution in [0.1, 0.15) is 42.1 Å². The van der Waals surface area contributed by atoms with E-state index in [1.54, 1.807) is 11.3 Å². The van der Waals surface area contributed by atoms with Crippen LogP contribution in [0.2, 0.25) is 0 Å². The van der Waals surface area contributed by atoms with Gasteiger partial charge in [0.25, 0.3) is 0 Å². The van der Waals surface area contributed by atoms with Gasteiger partial charge in [0, 0.05) is 0 Å². The topological polar surface area (TPSA) is 26.0 Å². The summed E-state index contributed by atoms with van der Waals surface area (Å²) in [5, 5.41) is 2.13. The van der Waals surface area contributed by atoms with Gasteiger partial charge in [-0.1, -0.05) is 32.0 Å². The molecule has 1 aromatic carbocycles. The summed E-state index contributed by atoms with van der Waals surface area (Å²) >= 11 is 5.19. The minimum Gasteiger partial charge on any atom is -0.320 e. The lowest BCUT2D eigenvalue weighted by Crippen LogP contribution is -2.13. The zero-order valence-corrected chi connectivity index (χ0v) is 13.1. The van der Waals surface area contributed by atoms with Crippen LogP contribution in [0.15, 0.2) is 33.4 Å². The standard InChI is InChI=1S/C15H18BrNS/c1-3-10-5-6-11(4-2)13(7-10)15(17)12-8-14(16)18-9-12/h5-9,15H,3-4,17H2,1-2H3. The summed E-state index contributed by atoms with van der Waals surface area (Å²) in [6.45, 7) is 4.36. The molecule has 2 rings (SSSR count). The van der Waals surface area contributed by atoms with Gasteiger partial charge in [-0.15, -0.1) is 11.3 Å². The number of aryl methyl sites for hydroxylation is 2. The lowest BCUT2D eigenvalue weighted by atomic mass is 9.93. The monoisotopic (exact) mass is 323 g/mol. The van der Waals surface area contributed by atoms with E-state index in [4.69, 9.17) is 5.73 Å². The second kappa shape index (κ2) is 6.00. The van der Waals surface area contributed by atoms with Crippen molar-refractivity contribution in [3.05, 3.63) is 55.7 Å². The summed E-state index contributed by atoms with van der Waals surface area (Å²) in [6.07, 6.45) is 2.08. The van der Waals surface area contributed by atoms with Crippen molar-refractivity contribution in [2.45, 2.75) is 32.7 Å². The largest absolute Gasteiger partial charge is 0.320 e. The summed E-state index contributed by atoms with van der Waals surface area (Å²) in [7, 11) is 0. The summed E-state index contributed by atoms with van der Waals surface area (Å²) in [5.74, 6) is 0. The van der Waals surface area contributed by atoms with E-state index in [0.717, 1.165) is 16.6 Å². The molecule has 0 radical (unpaired) electrons. The Morgan fingerprint density at radius 1 is 1.22 bits per heavy atom. The maximum atomic E-state index is 6.42. The minimum absolute atomic E-state index is 0.0194. The third-order valence-corrected chi connectivity index (χ3v) is 4.80. The van der Waals surface area contributed by atoms with Gasteiger partial charge in [0.1, 0.15) is 0 Å². The molecule has 1 nitrogen and oxygen atoms in total. The summed E-state index contributed by atoms with van der Waals surface area (Å²) in [6, 6.07) is 8.78. The Morgan fingerprint density at radius 2 is 2.00 bits per heavy atom.